The van der Waals surface area contributed by atoms with Gasteiger partial charge in [-0.05, 0) is 53.6 Å². The molecule has 0 heterocycles. The van der Waals surface area contributed by atoms with Crippen molar-refractivity contribution in [1.82, 2.24) is 0 Å². The van der Waals surface area contributed by atoms with Crippen molar-refractivity contribution in [3.63, 3.8) is 0 Å². The average molecular weight is 434 g/mol. The Morgan fingerprint density at radius 3 is 1.50 bits per heavy atom. The molecule has 0 aliphatic carbocycles. The van der Waals surface area contributed by atoms with Crippen molar-refractivity contribution in [2.24, 2.45) is 0 Å². The number of rotatable bonds is 10. The minimum atomic E-state index is -0.487. The number of hydrogen-bond acceptors (Lipinski definition) is 6. The Labute approximate surface area is 187 Å². The lowest BCUT2D eigenvalue weighted by molar-refractivity contribution is 0.0508. The van der Waals surface area contributed by atoms with Crippen molar-refractivity contribution in [2.75, 3.05) is 27.4 Å². The maximum Gasteiger partial charge on any atom is 0.338 e. The maximum absolute atomic E-state index is 12.4. The predicted molar refractivity (Wildman–Crippen MR) is 120 cm³/mol. The molecule has 3 aromatic rings. The van der Waals surface area contributed by atoms with Crippen LogP contribution in [0.15, 0.2) is 72.8 Å². The Bertz CT molecular complexity index is 979. The van der Waals surface area contributed by atoms with Gasteiger partial charge in [0.05, 0.1) is 38.6 Å². The van der Waals surface area contributed by atoms with E-state index in [-0.39, 0.29) is 13.2 Å². The van der Waals surface area contributed by atoms with Crippen LogP contribution in [0, 0.1) is 0 Å². The average Bonchev–Trinajstić information content (AvgIpc) is 2.84. The second-order valence-electron chi connectivity index (χ2n) is 7.06. The highest BCUT2D eigenvalue weighted by Gasteiger charge is 2.13. The van der Waals surface area contributed by atoms with Crippen LogP contribution in [-0.2, 0) is 22.3 Å². The number of methoxy groups -OCH3 is 2. The second-order valence-corrected chi connectivity index (χ2v) is 7.06. The summed E-state index contributed by atoms with van der Waals surface area (Å²) in [6, 6.07) is 21.5. The SMILES string of the molecule is COc1cccc(CCOC(=O)c2cccc(C(=O)OCCc3cccc(OC)c3)c2)c1. The standard InChI is InChI=1S/C26H26O6/c1-29-23-10-3-6-19(16-23)12-14-31-25(27)21-8-5-9-22(18-21)26(28)32-15-13-20-7-4-11-24(17-20)30-2/h3-11,16-18H,12-15H2,1-2H3. The van der Waals surface area contributed by atoms with Crippen LogP contribution in [0.4, 0.5) is 0 Å². The fourth-order valence-electron chi connectivity index (χ4n) is 3.12. The van der Waals surface area contributed by atoms with E-state index in [9.17, 15) is 9.59 Å². The van der Waals surface area contributed by atoms with E-state index >= 15 is 0 Å². The largest absolute Gasteiger partial charge is 0.497 e. The third-order valence-electron chi connectivity index (χ3n) is 4.85. The molecular weight excluding hydrogens is 408 g/mol. The molecule has 0 saturated carbocycles. The zero-order chi connectivity index (χ0) is 22.8. The summed E-state index contributed by atoms with van der Waals surface area (Å²) in [4.78, 5) is 24.8. The summed E-state index contributed by atoms with van der Waals surface area (Å²) in [7, 11) is 3.21. The maximum atomic E-state index is 12.4. The molecule has 32 heavy (non-hydrogen) atoms. The van der Waals surface area contributed by atoms with Crippen LogP contribution in [0.2, 0.25) is 0 Å². The van der Waals surface area contributed by atoms with Crippen LogP contribution in [-0.4, -0.2) is 39.4 Å². The molecule has 0 unspecified atom stereocenters. The van der Waals surface area contributed by atoms with Gasteiger partial charge in [-0.1, -0.05) is 30.3 Å². The van der Waals surface area contributed by atoms with Gasteiger partial charge >= 0.3 is 11.9 Å². The van der Waals surface area contributed by atoms with Gasteiger partial charge in [0.25, 0.3) is 0 Å². The molecule has 0 fully saturated rings. The number of carbonyl (C=O) groups is 2. The van der Waals surface area contributed by atoms with Crippen molar-refractivity contribution in [3.8, 4) is 11.5 Å². The minimum absolute atomic E-state index is 0.223. The second kappa shape index (κ2) is 11.6. The van der Waals surface area contributed by atoms with Gasteiger partial charge in [-0.15, -0.1) is 0 Å². The smallest absolute Gasteiger partial charge is 0.338 e. The molecule has 0 amide bonds. The molecule has 0 N–H and O–H groups in total. The van der Waals surface area contributed by atoms with Crippen molar-refractivity contribution >= 4 is 11.9 Å². The summed E-state index contributed by atoms with van der Waals surface area (Å²) in [6.07, 6.45) is 1.13. The zero-order valence-electron chi connectivity index (χ0n) is 18.2. The number of hydrogen-bond donors (Lipinski definition) is 0. The monoisotopic (exact) mass is 434 g/mol. The molecule has 6 heteroatoms. The third kappa shape index (κ3) is 6.60. The van der Waals surface area contributed by atoms with Crippen molar-refractivity contribution < 1.29 is 28.5 Å². The summed E-state index contributed by atoms with van der Waals surface area (Å²) in [5, 5.41) is 0. The first kappa shape index (κ1) is 22.9. The van der Waals surface area contributed by atoms with E-state index in [0.29, 0.717) is 24.0 Å². The van der Waals surface area contributed by atoms with Crippen LogP contribution >= 0.6 is 0 Å². The van der Waals surface area contributed by atoms with E-state index < -0.39 is 11.9 Å². The molecule has 6 nitrogen and oxygen atoms in total. The highest BCUT2D eigenvalue weighted by atomic mass is 16.5. The summed E-state index contributed by atoms with van der Waals surface area (Å²) >= 11 is 0. The molecule has 166 valence electrons. The molecule has 0 spiro atoms. The fourth-order valence-corrected chi connectivity index (χ4v) is 3.12. The lowest BCUT2D eigenvalue weighted by Crippen LogP contribution is -2.11. The van der Waals surface area contributed by atoms with E-state index in [1.54, 1.807) is 32.4 Å². The Morgan fingerprint density at radius 1 is 0.625 bits per heavy atom. The van der Waals surface area contributed by atoms with Crippen LogP contribution < -0.4 is 9.47 Å². The highest BCUT2D eigenvalue weighted by molar-refractivity contribution is 5.95. The summed E-state index contributed by atoms with van der Waals surface area (Å²) in [6.45, 7) is 0.447. The van der Waals surface area contributed by atoms with Gasteiger partial charge in [0, 0.05) is 12.8 Å². The Kier molecular flexibility index (Phi) is 8.26. The Balaban J connectivity index is 1.49. The van der Waals surface area contributed by atoms with Gasteiger partial charge in [0.1, 0.15) is 11.5 Å². The van der Waals surface area contributed by atoms with Gasteiger partial charge in [-0.25, -0.2) is 9.59 Å². The number of carbonyl (C=O) groups excluding carboxylic acids is 2. The number of benzene rings is 3. The van der Waals surface area contributed by atoms with Gasteiger partial charge in [0.2, 0.25) is 0 Å². The quantitative estimate of drug-likeness (QED) is 0.438. The van der Waals surface area contributed by atoms with Gasteiger partial charge in [-0.3, -0.25) is 0 Å². The lowest BCUT2D eigenvalue weighted by atomic mass is 10.1. The normalized spacial score (nSPS) is 10.3. The molecule has 0 aliphatic heterocycles. The lowest BCUT2D eigenvalue weighted by Gasteiger charge is -2.08. The third-order valence-corrected chi connectivity index (χ3v) is 4.85. The van der Waals surface area contributed by atoms with Crippen molar-refractivity contribution in [3.05, 3.63) is 95.1 Å². The first-order valence-corrected chi connectivity index (χ1v) is 10.3. The van der Waals surface area contributed by atoms with E-state index in [4.69, 9.17) is 18.9 Å². The highest BCUT2D eigenvalue weighted by Crippen LogP contribution is 2.15. The van der Waals surface area contributed by atoms with Crippen LogP contribution in [0.3, 0.4) is 0 Å². The topological polar surface area (TPSA) is 71.1 Å². The number of ether oxygens (including phenoxy) is 4. The molecule has 0 aromatic heterocycles. The van der Waals surface area contributed by atoms with Crippen LogP contribution in [0.1, 0.15) is 31.8 Å². The molecule has 0 radical (unpaired) electrons. The molecule has 0 bridgehead atoms. The van der Waals surface area contributed by atoms with Crippen LogP contribution in [0.5, 0.6) is 11.5 Å². The van der Waals surface area contributed by atoms with E-state index in [0.717, 1.165) is 22.6 Å². The molecule has 3 rings (SSSR count). The predicted octanol–water partition coefficient (Wildman–Crippen LogP) is 4.50. The summed E-state index contributed by atoms with van der Waals surface area (Å²) in [5.74, 6) is 0.538. The summed E-state index contributed by atoms with van der Waals surface area (Å²) in [5.41, 5.74) is 2.62. The van der Waals surface area contributed by atoms with Crippen LogP contribution in [0.25, 0.3) is 0 Å². The fraction of sp³-hybridized carbons (Fsp3) is 0.231. The zero-order valence-corrected chi connectivity index (χ0v) is 18.2. The molecule has 3 aromatic carbocycles. The first-order valence-electron chi connectivity index (χ1n) is 10.3. The molecule has 0 aliphatic rings. The number of esters is 2. The summed E-state index contributed by atoms with van der Waals surface area (Å²) < 4.78 is 21.1. The Morgan fingerprint density at radius 2 is 1.06 bits per heavy atom. The molecule has 0 atom stereocenters. The minimum Gasteiger partial charge on any atom is -0.497 e. The Hall–Kier alpha value is -3.80. The molecular formula is C26H26O6. The van der Waals surface area contributed by atoms with E-state index in [2.05, 4.69) is 0 Å². The first-order chi connectivity index (χ1) is 15.6. The van der Waals surface area contributed by atoms with Gasteiger partial charge in [0.15, 0.2) is 0 Å². The van der Waals surface area contributed by atoms with E-state index in [1.807, 2.05) is 48.5 Å². The van der Waals surface area contributed by atoms with Crippen molar-refractivity contribution in [2.45, 2.75) is 12.8 Å². The van der Waals surface area contributed by atoms with Gasteiger partial charge < -0.3 is 18.9 Å². The molecule has 0 saturated heterocycles. The van der Waals surface area contributed by atoms with Gasteiger partial charge in [-0.2, -0.15) is 0 Å². The van der Waals surface area contributed by atoms with Crippen molar-refractivity contribution in [1.29, 1.82) is 0 Å². The van der Waals surface area contributed by atoms with E-state index in [1.165, 1.54) is 6.07 Å².